The predicted octanol–water partition coefficient (Wildman–Crippen LogP) is 0.742. The Hall–Kier alpha value is -2.15. The summed E-state index contributed by atoms with van der Waals surface area (Å²) >= 11 is 0. The van der Waals surface area contributed by atoms with Gasteiger partial charge >= 0.3 is 0 Å². The van der Waals surface area contributed by atoms with Crippen molar-refractivity contribution in [1.82, 2.24) is 19.4 Å². The minimum atomic E-state index is -0.428. The van der Waals surface area contributed by atoms with E-state index in [9.17, 15) is 4.79 Å². The molecule has 0 bridgehead atoms. The first-order valence-corrected chi connectivity index (χ1v) is 7.05. The van der Waals surface area contributed by atoms with E-state index in [1.807, 2.05) is 26.0 Å². The number of hydrogen-bond donors (Lipinski definition) is 1. The van der Waals surface area contributed by atoms with Crippen molar-refractivity contribution in [3.05, 3.63) is 17.8 Å². The van der Waals surface area contributed by atoms with Crippen LogP contribution in [-0.4, -0.2) is 51.6 Å². The van der Waals surface area contributed by atoms with Crippen LogP contribution in [0.15, 0.2) is 12.1 Å². The SMILES string of the molecule is Cc1ccc2nc(N)n(C(C)C(=O)N3CCOCC3)c2n1. The second-order valence-electron chi connectivity index (χ2n) is 5.25. The van der Waals surface area contributed by atoms with Crippen LogP contribution in [-0.2, 0) is 9.53 Å². The first-order valence-electron chi connectivity index (χ1n) is 7.05. The van der Waals surface area contributed by atoms with Crippen LogP contribution in [0.25, 0.3) is 11.2 Å². The number of fused-ring (bicyclic) bond motifs is 1. The number of nitrogens with two attached hydrogens (primary N) is 1. The molecule has 2 aromatic rings. The summed E-state index contributed by atoms with van der Waals surface area (Å²) in [6.07, 6.45) is 0. The van der Waals surface area contributed by atoms with Gasteiger partial charge in [0.2, 0.25) is 11.9 Å². The Balaban J connectivity index is 1.96. The molecule has 3 rings (SSSR count). The van der Waals surface area contributed by atoms with Gasteiger partial charge in [-0.05, 0) is 26.0 Å². The number of amides is 1. The van der Waals surface area contributed by atoms with Crippen molar-refractivity contribution < 1.29 is 9.53 Å². The average molecular weight is 289 g/mol. The Bertz CT molecular complexity index is 675. The molecule has 7 nitrogen and oxygen atoms in total. The van der Waals surface area contributed by atoms with E-state index in [2.05, 4.69) is 9.97 Å². The number of carbonyl (C=O) groups excluding carboxylic acids is 1. The Morgan fingerprint density at radius 1 is 1.33 bits per heavy atom. The topological polar surface area (TPSA) is 86.3 Å². The van der Waals surface area contributed by atoms with Crippen LogP contribution in [0.3, 0.4) is 0 Å². The van der Waals surface area contributed by atoms with E-state index in [0.717, 1.165) is 5.69 Å². The molecular weight excluding hydrogens is 270 g/mol. The summed E-state index contributed by atoms with van der Waals surface area (Å²) in [4.78, 5) is 23.2. The molecule has 3 heterocycles. The summed E-state index contributed by atoms with van der Waals surface area (Å²) in [6.45, 7) is 6.12. The van der Waals surface area contributed by atoms with Crippen molar-refractivity contribution in [2.24, 2.45) is 0 Å². The van der Waals surface area contributed by atoms with Crippen LogP contribution < -0.4 is 5.73 Å². The normalized spacial score (nSPS) is 17.1. The molecule has 2 aromatic heterocycles. The van der Waals surface area contributed by atoms with E-state index in [0.29, 0.717) is 43.4 Å². The quantitative estimate of drug-likeness (QED) is 0.881. The van der Waals surface area contributed by atoms with Crippen molar-refractivity contribution in [3.63, 3.8) is 0 Å². The number of imidazole rings is 1. The summed E-state index contributed by atoms with van der Waals surface area (Å²) in [7, 11) is 0. The molecule has 0 spiro atoms. The highest BCUT2D eigenvalue weighted by atomic mass is 16.5. The van der Waals surface area contributed by atoms with Crippen LogP contribution in [0.1, 0.15) is 18.7 Å². The van der Waals surface area contributed by atoms with Crippen LogP contribution in [0.5, 0.6) is 0 Å². The van der Waals surface area contributed by atoms with Gasteiger partial charge in [-0.1, -0.05) is 0 Å². The average Bonchev–Trinajstić information content (AvgIpc) is 2.82. The number of nitrogens with zero attached hydrogens (tertiary/aromatic N) is 4. The summed E-state index contributed by atoms with van der Waals surface area (Å²) in [5, 5.41) is 0. The third-order valence-electron chi connectivity index (χ3n) is 3.77. The lowest BCUT2D eigenvalue weighted by Crippen LogP contribution is -2.43. The van der Waals surface area contributed by atoms with Gasteiger partial charge < -0.3 is 15.4 Å². The number of morpholine rings is 1. The molecule has 1 amide bonds. The Morgan fingerprint density at radius 3 is 2.76 bits per heavy atom. The van der Waals surface area contributed by atoms with E-state index in [1.165, 1.54) is 0 Å². The fourth-order valence-corrected chi connectivity index (χ4v) is 2.63. The second kappa shape index (κ2) is 5.33. The molecule has 1 atom stereocenters. The van der Waals surface area contributed by atoms with Crippen molar-refractivity contribution >= 4 is 23.0 Å². The lowest BCUT2D eigenvalue weighted by Gasteiger charge is -2.29. The summed E-state index contributed by atoms with van der Waals surface area (Å²) in [6, 6.07) is 3.33. The molecule has 1 aliphatic rings. The highest BCUT2D eigenvalue weighted by molar-refractivity contribution is 5.84. The van der Waals surface area contributed by atoms with Gasteiger partial charge in [0.05, 0.1) is 13.2 Å². The third-order valence-corrected chi connectivity index (χ3v) is 3.77. The van der Waals surface area contributed by atoms with Gasteiger partial charge in [0.1, 0.15) is 11.6 Å². The number of aryl methyl sites for hydroxylation is 1. The van der Waals surface area contributed by atoms with Gasteiger partial charge in [0, 0.05) is 18.8 Å². The molecule has 0 aliphatic carbocycles. The maximum atomic E-state index is 12.6. The zero-order valence-electron chi connectivity index (χ0n) is 12.2. The number of ether oxygens (including phenoxy) is 1. The number of hydrogen-bond acceptors (Lipinski definition) is 5. The largest absolute Gasteiger partial charge is 0.378 e. The van der Waals surface area contributed by atoms with Crippen LogP contribution in [0, 0.1) is 6.92 Å². The van der Waals surface area contributed by atoms with Gasteiger partial charge in [0.25, 0.3) is 0 Å². The Morgan fingerprint density at radius 2 is 2.05 bits per heavy atom. The van der Waals surface area contributed by atoms with Gasteiger partial charge in [-0.25, -0.2) is 9.97 Å². The zero-order valence-corrected chi connectivity index (χ0v) is 12.2. The number of anilines is 1. The maximum absolute atomic E-state index is 12.6. The fourth-order valence-electron chi connectivity index (χ4n) is 2.63. The highest BCUT2D eigenvalue weighted by Crippen LogP contribution is 2.23. The van der Waals surface area contributed by atoms with Crippen LogP contribution in [0.4, 0.5) is 5.95 Å². The van der Waals surface area contributed by atoms with Crippen LogP contribution >= 0.6 is 0 Å². The molecule has 7 heteroatoms. The molecule has 0 radical (unpaired) electrons. The number of nitrogen functional groups attached to an aromatic ring is 1. The molecule has 1 aliphatic heterocycles. The standard InChI is InChI=1S/C14H19N5O2/c1-9-3-4-11-12(16-9)19(14(15)17-11)10(2)13(20)18-5-7-21-8-6-18/h3-4,10H,5-8H2,1-2H3,(H2,15,17). The molecule has 0 aromatic carbocycles. The Labute approximate surface area is 122 Å². The smallest absolute Gasteiger partial charge is 0.245 e. The van der Waals surface area contributed by atoms with Gasteiger partial charge in [-0.15, -0.1) is 0 Å². The minimum absolute atomic E-state index is 0.0209. The molecule has 0 saturated carbocycles. The van der Waals surface area contributed by atoms with Gasteiger partial charge in [-0.2, -0.15) is 0 Å². The highest BCUT2D eigenvalue weighted by Gasteiger charge is 2.26. The second-order valence-corrected chi connectivity index (χ2v) is 5.25. The summed E-state index contributed by atoms with van der Waals surface area (Å²) in [5.74, 6) is 0.338. The number of rotatable bonds is 2. The molecule has 112 valence electrons. The molecule has 1 saturated heterocycles. The van der Waals surface area contributed by atoms with E-state index >= 15 is 0 Å². The van der Waals surface area contributed by atoms with Crippen molar-refractivity contribution in [2.75, 3.05) is 32.0 Å². The maximum Gasteiger partial charge on any atom is 0.245 e. The first-order chi connectivity index (χ1) is 10.1. The molecule has 1 unspecified atom stereocenters. The number of carbonyl (C=O) groups is 1. The van der Waals surface area contributed by atoms with Crippen LogP contribution in [0.2, 0.25) is 0 Å². The Kier molecular flexibility index (Phi) is 3.50. The molecule has 2 N–H and O–H groups in total. The number of aromatic nitrogens is 3. The lowest BCUT2D eigenvalue weighted by atomic mass is 10.2. The van der Waals surface area contributed by atoms with Gasteiger partial charge in [0.15, 0.2) is 5.65 Å². The molecule has 1 fully saturated rings. The van der Waals surface area contributed by atoms with E-state index in [1.54, 1.807) is 9.47 Å². The van der Waals surface area contributed by atoms with Crippen molar-refractivity contribution in [3.8, 4) is 0 Å². The fraction of sp³-hybridized carbons (Fsp3) is 0.500. The van der Waals surface area contributed by atoms with E-state index < -0.39 is 6.04 Å². The van der Waals surface area contributed by atoms with E-state index in [-0.39, 0.29) is 5.91 Å². The van der Waals surface area contributed by atoms with Crippen molar-refractivity contribution in [1.29, 1.82) is 0 Å². The monoisotopic (exact) mass is 289 g/mol. The first kappa shape index (κ1) is 13.8. The molecular formula is C14H19N5O2. The van der Waals surface area contributed by atoms with Gasteiger partial charge in [-0.3, -0.25) is 9.36 Å². The summed E-state index contributed by atoms with van der Waals surface area (Å²) in [5.41, 5.74) is 8.22. The lowest BCUT2D eigenvalue weighted by molar-refractivity contribution is -0.138. The van der Waals surface area contributed by atoms with Crippen molar-refractivity contribution in [2.45, 2.75) is 19.9 Å². The minimum Gasteiger partial charge on any atom is -0.378 e. The number of pyridine rings is 1. The summed E-state index contributed by atoms with van der Waals surface area (Å²) < 4.78 is 6.99. The third kappa shape index (κ3) is 2.44. The van der Waals surface area contributed by atoms with E-state index in [4.69, 9.17) is 10.5 Å². The predicted molar refractivity (Wildman–Crippen MR) is 78.8 cm³/mol. The zero-order chi connectivity index (χ0) is 15.0. The molecule has 21 heavy (non-hydrogen) atoms.